The molecule has 1 heterocycles. The van der Waals surface area contributed by atoms with Crippen LogP contribution in [0.5, 0.6) is 5.75 Å². The van der Waals surface area contributed by atoms with Gasteiger partial charge in [-0.25, -0.2) is 9.79 Å². The molecule has 0 aliphatic carbocycles. The van der Waals surface area contributed by atoms with E-state index < -0.39 is 0 Å². The van der Waals surface area contributed by atoms with Gasteiger partial charge in [0.1, 0.15) is 11.4 Å². The molecule has 0 aromatic heterocycles. The van der Waals surface area contributed by atoms with Gasteiger partial charge >= 0.3 is 6.03 Å². The first-order chi connectivity index (χ1) is 15.3. The van der Waals surface area contributed by atoms with Crippen LogP contribution in [0.15, 0.2) is 53.5 Å². The van der Waals surface area contributed by atoms with Crippen molar-refractivity contribution in [3.63, 3.8) is 0 Å². The van der Waals surface area contributed by atoms with Crippen LogP contribution >= 0.6 is 0 Å². The second-order valence-electron chi connectivity index (χ2n) is 8.95. The highest BCUT2D eigenvalue weighted by atomic mass is 16.5. The van der Waals surface area contributed by atoms with E-state index in [4.69, 9.17) is 9.73 Å². The molecule has 0 fully saturated rings. The van der Waals surface area contributed by atoms with E-state index in [1.54, 1.807) is 0 Å². The molecule has 7 heteroatoms. The monoisotopic (exact) mass is 437 g/mol. The lowest BCUT2D eigenvalue weighted by Gasteiger charge is -2.38. The number of rotatable bonds is 6. The SMILES string of the molecule is CCNC(=NCc1ccc(NC(=O)NC(C)C)cc1)NC1CC(C)(C)Oc2ccccc21. The molecule has 4 N–H and O–H groups in total. The van der Waals surface area contributed by atoms with E-state index in [0.29, 0.717) is 6.54 Å². The lowest BCUT2D eigenvalue weighted by Crippen LogP contribution is -2.45. The molecule has 0 radical (unpaired) electrons. The number of aliphatic imine (C=N–C) groups is 1. The Hall–Kier alpha value is -3.22. The second-order valence-corrected chi connectivity index (χ2v) is 8.95. The number of para-hydroxylation sites is 1. The minimum Gasteiger partial charge on any atom is -0.487 e. The topological polar surface area (TPSA) is 86.8 Å². The van der Waals surface area contributed by atoms with Crippen molar-refractivity contribution in [1.82, 2.24) is 16.0 Å². The van der Waals surface area contributed by atoms with Crippen molar-refractivity contribution in [1.29, 1.82) is 0 Å². The number of carbonyl (C=O) groups excluding carboxylic acids is 1. The summed E-state index contributed by atoms with van der Waals surface area (Å²) in [4.78, 5) is 16.6. The quantitative estimate of drug-likeness (QED) is 0.394. The summed E-state index contributed by atoms with van der Waals surface area (Å²) in [6, 6.07) is 15.9. The zero-order valence-electron chi connectivity index (χ0n) is 19.7. The van der Waals surface area contributed by atoms with E-state index >= 15 is 0 Å². The Morgan fingerprint density at radius 2 is 1.88 bits per heavy atom. The summed E-state index contributed by atoms with van der Waals surface area (Å²) < 4.78 is 6.15. The number of ether oxygens (including phenoxy) is 1. The Labute approximate surface area is 191 Å². The van der Waals surface area contributed by atoms with Gasteiger partial charge in [0.2, 0.25) is 0 Å². The van der Waals surface area contributed by atoms with Crippen LogP contribution < -0.4 is 26.0 Å². The summed E-state index contributed by atoms with van der Waals surface area (Å²) in [6.45, 7) is 11.4. The van der Waals surface area contributed by atoms with Crippen LogP contribution in [0.1, 0.15) is 58.2 Å². The zero-order valence-corrected chi connectivity index (χ0v) is 19.7. The molecule has 0 saturated carbocycles. The zero-order chi connectivity index (χ0) is 23.1. The van der Waals surface area contributed by atoms with E-state index in [2.05, 4.69) is 48.1 Å². The summed E-state index contributed by atoms with van der Waals surface area (Å²) in [5, 5.41) is 12.6. The molecule has 0 bridgehead atoms. The van der Waals surface area contributed by atoms with E-state index in [1.807, 2.05) is 56.3 Å². The molecular weight excluding hydrogens is 402 g/mol. The van der Waals surface area contributed by atoms with Gasteiger partial charge in [-0.1, -0.05) is 30.3 Å². The summed E-state index contributed by atoms with van der Waals surface area (Å²) in [7, 11) is 0. The van der Waals surface area contributed by atoms with E-state index in [0.717, 1.165) is 41.5 Å². The van der Waals surface area contributed by atoms with Gasteiger partial charge in [-0.15, -0.1) is 0 Å². The molecule has 0 spiro atoms. The van der Waals surface area contributed by atoms with Crippen molar-refractivity contribution in [3.05, 3.63) is 59.7 Å². The number of fused-ring (bicyclic) bond motifs is 1. The Kier molecular flexibility index (Phi) is 7.62. The van der Waals surface area contributed by atoms with Gasteiger partial charge in [0, 0.05) is 30.3 Å². The lowest BCUT2D eigenvalue weighted by molar-refractivity contribution is 0.0694. The minimum atomic E-state index is -0.256. The van der Waals surface area contributed by atoms with E-state index in [9.17, 15) is 4.79 Å². The van der Waals surface area contributed by atoms with Crippen LogP contribution in [0.25, 0.3) is 0 Å². The molecule has 1 unspecified atom stereocenters. The normalized spacial score (nSPS) is 17.2. The van der Waals surface area contributed by atoms with Crippen molar-refractivity contribution in [2.45, 2.75) is 65.3 Å². The second kappa shape index (κ2) is 10.4. The average molecular weight is 438 g/mol. The van der Waals surface area contributed by atoms with Gasteiger partial charge in [-0.05, 0) is 58.4 Å². The Morgan fingerprint density at radius 3 is 2.56 bits per heavy atom. The van der Waals surface area contributed by atoms with Crippen LogP contribution in [-0.2, 0) is 6.54 Å². The van der Waals surface area contributed by atoms with Crippen molar-refractivity contribution in [3.8, 4) is 5.75 Å². The van der Waals surface area contributed by atoms with Crippen LogP contribution in [-0.4, -0.2) is 30.2 Å². The Bertz CT molecular complexity index is 938. The number of nitrogens with one attached hydrogen (secondary N) is 4. The molecule has 7 nitrogen and oxygen atoms in total. The summed E-state index contributed by atoms with van der Waals surface area (Å²) >= 11 is 0. The van der Waals surface area contributed by atoms with E-state index in [1.165, 1.54) is 0 Å². The highest BCUT2D eigenvalue weighted by Crippen LogP contribution is 2.39. The highest BCUT2D eigenvalue weighted by Gasteiger charge is 2.33. The number of benzene rings is 2. The van der Waals surface area contributed by atoms with Gasteiger partial charge in [0.25, 0.3) is 0 Å². The molecule has 2 aromatic carbocycles. The Morgan fingerprint density at radius 1 is 1.16 bits per heavy atom. The van der Waals surface area contributed by atoms with Gasteiger partial charge in [0.05, 0.1) is 12.6 Å². The third-order valence-corrected chi connectivity index (χ3v) is 5.08. The standard InChI is InChI=1S/C25H35N5O2/c1-6-26-23(30-21-15-25(4,5)32-22-10-8-7-9-20(21)22)27-16-18-11-13-19(14-12-18)29-24(31)28-17(2)3/h7-14,17,21H,6,15-16H2,1-5H3,(H2,26,27,30)(H2,28,29,31). The predicted octanol–water partition coefficient (Wildman–Crippen LogP) is 4.57. The van der Waals surface area contributed by atoms with Gasteiger partial charge in [-0.3, -0.25) is 0 Å². The van der Waals surface area contributed by atoms with Crippen molar-refractivity contribution < 1.29 is 9.53 Å². The van der Waals surface area contributed by atoms with Gasteiger partial charge in [0.15, 0.2) is 5.96 Å². The lowest BCUT2D eigenvalue weighted by atomic mass is 9.90. The molecule has 2 amide bonds. The van der Waals surface area contributed by atoms with E-state index in [-0.39, 0.29) is 23.7 Å². The molecule has 0 saturated heterocycles. The molecule has 172 valence electrons. The predicted molar refractivity (Wildman–Crippen MR) is 130 cm³/mol. The van der Waals surface area contributed by atoms with Crippen LogP contribution in [0.2, 0.25) is 0 Å². The number of amides is 2. The van der Waals surface area contributed by atoms with Crippen molar-refractivity contribution in [2.75, 3.05) is 11.9 Å². The first-order valence-corrected chi connectivity index (χ1v) is 11.2. The number of urea groups is 1. The largest absolute Gasteiger partial charge is 0.487 e. The third-order valence-electron chi connectivity index (χ3n) is 5.08. The average Bonchev–Trinajstić information content (AvgIpc) is 2.72. The molecule has 2 aromatic rings. The number of anilines is 1. The third kappa shape index (κ3) is 6.64. The number of nitrogens with zero attached hydrogens (tertiary/aromatic N) is 1. The summed E-state index contributed by atoms with van der Waals surface area (Å²) in [5.74, 6) is 1.69. The molecule has 3 rings (SSSR count). The maximum absolute atomic E-state index is 11.8. The molecule has 1 aliphatic heterocycles. The molecule has 1 aliphatic rings. The minimum absolute atomic E-state index is 0.0915. The highest BCUT2D eigenvalue weighted by molar-refractivity contribution is 5.89. The van der Waals surface area contributed by atoms with Crippen LogP contribution in [0.3, 0.4) is 0 Å². The summed E-state index contributed by atoms with van der Waals surface area (Å²) in [6.07, 6.45) is 0.841. The molecule has 32 heavy (non-hydrogen) atoms. The maximum atomic E-state index is 11.8. The molecular formula is C25H35N5O2. The Balaban J connectivity index is 1.67. The van der Waals surface area contributed by atoms with Crippen molar-refractivity contribution in [2.24, 2.45) is 4.99 Å². The molecule has 1 atom stereocenters. The first-order valence-electron chi connectivity index (χ1n) is 11.2. The smallest absolute Gasteiger partial charge is 0.319 e. The summed E-state index contributed by atoms with van der Waals surface area (Å²) in [5.41, 5.74) is 2.70. The van der Waals surface area contributed by atoms with Crippen molar-refractivity contribution >= 4 is 17.7 Å². The first kappa shape index (κ1) is 23.4. The maximum Gasteiger partial charge on any atom is 0.319 e. The number of hydrogen-bond donors (Lipinski definition) is 4. The van der Waals surface area contributed by atoms with Crippen LogP contribution in [0.4, 0.5) is 10.5 Å². The van der Waals surface area contributed by atoms with Crippen LogP contribution in [0, 0.1) is 0 Å². The van der Waals surface area contributed by atoms with Gasteiger partial charge < -0.3 is 26.0 Å². The fraction of sp³-hybridized carbons (Fsp3) is 0.440. The fourth-order valence-electron chi connectivity index (χ4n) is 3.71. The number of hydrogen-bond acceptors (Lipinski definition) is 3. The fourth-order valence-corrected chi connectivity index (χ4v) is 3.71. The van der Waals surface area contributed by atoms with Gasteiger partial charge in [-0.2, -0.15) is 0 Å². The number of carbonyl (C=O) groups is 1. The number of guanidine groups is 1.